The van der Waals surface area contributed by atoms with E-state index >= 15 is 0 Å². The van der Waals surface area contributed by atoms with Crippen molar-refractivity contribution in [3.05, 3.63) is 0 Å². The highest BCUT2D eigenvalue weighted by Gasteiger charge is 2.53. The summed E-state index contributed by atoms with van der Waals surface area (Å²) in [6.07, 6.45) is 1.31. The normalized spacial score (nSPS) is 30.4. The van der Waals surface area contributed by atoms with Crippen molar-refractivity contribution in [1.82, 2.24) is 4.90 Å². The molecule has 1 spiro atoms. The van der Waals surface area contributed by atoms with Crippen LogP contribution >= 0.6 is 0 Å². The maximum absolute atomic E-state index is 5.54. The van der Waals surface area contributed by atoms with Gasteiger partial charge in [0.05, 0.1) is 13.2 Å². The van der Waals surface area contributed by atoms with Crippen molar-refractivity contribution in [3.8, 4) is 0 Å². The minimum atomic E-state index is 0.301. The van der Waals surface area contributed by atoms with Gasteiger partial charge in [-0.2, -0.15) is 0 Å². The van der Waals surface area contributed by atoms with Gasteiger partial charge in [0, 0.05) is 17.5 Å². The number of rotatable bonds is 0. The molecule has 0 N–H and O–H groups in total. The van der Waals surface area contributed by atoms with Crippen LogP contribution in [-0.4, -0.2) is 36.7 Å². The molecule has 0 radical (unpaired) electrons. The molecule has 0 bridgehead atoms. The van der Waals surface area contributed by atoms with Crippen molar-refractivity contribution >= 4 is 0 Å². The van der Waals surface area contributed by atoms with Crippen LogP contribution in [0.1, 0.15) is 48.0 Å². The molecule has 0 aliphatic carbocycles. The Morgan fingerprint density at radius 2 is 1.65 bits per heavy atom. The van der Waals surface area contributed by atoms with E-state index in [1.165, 1.54) is 19.5 Å². The van der Waals surface area contributed by atoms with Gasteiger partial charge in [-0.25, -0.2) is 0 Å². The molecule has 0 aromatic rings. The second-order valence-electron chi connectivity index (χ2n) is 8.14. The highest BCUT2D eigenvalue weighted by atomic mass is 16.5. The first-order valence-electron chi connectivity index (χ1n) is 6.98. The highest BCUT2D eigenvalue weighted by molar-refractivity contribution is 5.02. The predicted molar refractivity (Wildman–Crippen MR) is 72.1 cm³/mol. The van der Waals surface area contributed by atoms with E-state index in [0.29, 0.717) is 16.4 Å². The molecule has 0 saturated carbocycles. The summed E-state index contributed by atoms with van der Waals surface area (Å²) in [5, 5.41) is 0. The summed E-state index contributed by atoms with van der Waals surface area (Å²) in [5.41, 5.74) is 1.17. The predicted octanol–water partition coefficient (Wildman–Crippen LogP) is 3.17. The van der Waals surface area contributed by atoms with Crippen LogP contribution in [0.2, 0.25) is 0 Å². The second-order valence-corrected chi connectivity index (χ2v) is 8.14. The number of likely N-dealkylation sites (tertiary alicyclic amines) is 1. The Labute approximate surface area is 107 Å². The van der Waals surface area contributed by atoms with Gasteiger partial charge in [-0.05, 0) is 45.1 Å². The minimum Gasteiger partial charge on any atom is -0.380 e. The average Bonchev–Trinajstić information content (AvgIpc) is 2.11. The molecule has 1 atom stereocenters. The third-order valence-electron chi connectivity index (χ3n) is 4.79. The van der Waals surface area contributed by atoms with Crippen LogP contribution in [0.25, 0.3) is 0 Å². The van der Waals surface area contributed by atoms with Crippen LogP contribution in [0.4, 0.5) is 0 Å². The van der Waals surface area contributed by atoms with Crippen molar-refractivity contribution in [2.45, 2.75) is 53.5 Å². The molecule has 1 unspecified atom stereocenters. The number of ether oxygens (including phenoxy) is 1. The number of nitrogens with zero attached hydrogens (tertiary/aromatic N) is 1. The molecule has 0 aromatic carbocycles. The Bertz CT molecular complexity index is 280. The lowest BCUT2D eigenvalue weighted by molar-refractivity contribution is -0.200. The van der Waals surface area contributed by atoms with E-state index in [1.54, 1.807) is 0 Å². The van der Waals surface area contributed by atoms with Crippen LogP contribution in [0, 0.1) is 16.7 Å². The van der Waals surface area contributed by atoms with E-state index in [2.05, 4.69) is 46.4 Å². The van der Waals surface area contributed by atoms with Gasteiger partial charge in [-0.1, -0.05) is 20.8 Å². The van der Waals surface area contributed by atoms with Gasteiger partial charge >= 0.3 is 0 Å². The zero-order valence-corrected chi connectivity index (χ0v) is 12.5. The topological polar surface area (TPSA) is 12.5 Å². The smallest absolute Gasteiger partial charge is 0.0548 e. The fourth-order valence-corrected chi connectivity index (χ4v) is 3.55. The fraction of sp³-hybridized carbons (Fsp3) is 1.00. The Balaban J connectivity index is 2.17. The van der Waals surface area contributed by atoms with Gasteiger partial charge in [-0.3, -0.25) is 4.90 Å². The molecule has 100 valence electrons. The van der Waals surface area contributed by atoms with Gasteiger partial charge in [0.1, 0.15) is 0 Å². The summed E-state index contributed by atoms with van der Waals surface area (Å²) in [6, 6.07) is 0. The summed E-state index contributed by atoms with van der Waals surface area (Å²) in [7, 11) is 0. The number of hydrogen-bond acceptors (Lipinski definition) is 2. The van der Waals surface area contributed by atoms with E-state index in [0.717, 1.165) is 19.1 Å². The van der Waals surface area contributed by atoms with Gasteiger partial charge < -0.3 is 4.74 Å². The molecule has 0 amide bonds. The third kappa shape index (κ3) is 2.39. The zero-order chi connectivity index (χ0) is 12.9. The summed E-state index contributed by atoms with van der Waals surface area (Å²) in [4.78, 5) is 2.66. The molecular formula is C15H29NO. The largest absolute Gasteiger partial charge is 0.380 e. The summed E-state index contributed by atoms with van der Waals surface area (Å²) >= 11 is 0. The molecule has 2 fully saturated rings. The molecule has 2 heteroatoms. The Morgan fingerprint density at radius 1 is 1.06 bits per heavy atom. The quantitative estimate of drug-likeness (QED) is 0.644. The molecule has 2 heterocycles. The zero-order valence-electron chi connectivity index (χ0n) is 12.5. The third-order valence-corrected chi connectivity index (χ3v) is 4.79. The number of piperidine rings is 1. The van der Waals surface area contributed by atoms with Gasteiger partial charge in [0.15, 0.2) is 0 Å². The van der Waals surface area contributed by atoms with E-state index in [-0.39, 0.29) is 0 Å². The summed E-state index contributed by atoms with van der Waals surface area (Å²) in [6.45, 7) is 18.6. The van der Waals surface area contributed by atoms with Crippen molar-refractivity contribution in [2.75, 3.05) is 26.3 Å². The Hall–Kier alpha value is -0.0800. The maximum atomic E-state index is 5.54. The lowest BCUT2D eigenvalue weighted by Crippen LogP contribution is -2.63. The summed E-state index contributed by atoms with van der Waals surface area (Å²) < 4.78 is 5.54. The lowest BCUT2D eigenvalue weighted by Gasteiger charge is -2.58. The van der Waals surface area contributed by atoms with Crippen molar-refractivity contribution < 1.29 is 4.74 Å². The maximum Gasteiger partial charge on any atom is 0.0548 e. The Morgan fingerprint density at radius 3 is 2.00 bits per heavy atom. The molecule has 2 aliphatic heterocycles. The average molecular weight is 239 g/mol. The molecule has 2 saturated heterocycles. The lowest BCUT2D eigenvalue weighted by atomic mass is 9.59. The fourth-order valence-electron chi connectivity index (χ4n) is 3.55. The van der Waals surface area contributed by atoms with Crippen LogP contribution in [-0.2, 0) is 4.74 Å². The summed E-state index contributed by atoms with van der Waals surface area (Å²) in [5.74, 6) is 0.761. The monoisotopic (exact) mass is 239 g/mol. The SMILES string of the molecule is CC(C)(C)C1CN(C(C)(C)C)CCC12COC2. The molecule has 2 aliphatic rings. The highest BCUT2D eigenvalue weighted by Crippen LogP contribution is 2.51. The van der Waals surface area contributed by atoms with E-state index in [4.69, 9.17) is 4.74 Å². The van der Waals surface area contributed by atoms with Crippen LogP contribution in [0.5, 0.6) is 0 Å². The second kappa shape index (κ2) is 3.96. The first-order chi connectivity index (χ1) is 7.65. The van der Waals surface area contributed by atoms with Crippen LogP contribution < -0.4 is 0 Å². The standard InChI is InChI=1S/C15H29NO/c1-13(2,3)12-9-16(14(4,5)6)8-7-15(12)10-17-11-15/h12H,7-11H2,1-6H3. The van der Waals surface area contributed by atoms with Crippen molar-refractivity contribution in [1.29, 1.82) is 0 Å². The van der Waals surface area contributed by atoms with Crippen molar-refractivity contribution in [2.24, 2.45) is 16.7 Å². The van der Waals surface area contributed by atoms with E-state index in [9.17, 15) is 0 Å². The molecular weight excluding hydrogens is 210 g/mol. The Kier molecular flexibility index (Phi) is 3.11. The first kappa shape index (κ1) is 13.4. The van der Waals surface area contributed by atoms with E-state index < -0.39 is 0 Å². The first-order valence-corrected chi connectivity index (χ1v) is 6.98. The molecule has 17 heavy (non-hydrogen) atoms. The van der Waals surface area contributed by atoms with Crippen molar-refractivity contribution in [3.63, 3.8) is 0 Å². The van der Waals surface area contributed by atoms with Gasteiger partial charge in [0.2, 0.25) is 0 Å². The minimum absolute atomic E-state index is 0.301. The molecule has 2 nitrogen and oxygen atoms in total. The van der Waals surface area contributed by atoms with Crippen LogP contribution in [0.15, 0.2) is 0 Å². The van der Waals surface area contributed by atoms with E-state index in [1.807, 2.05) is 0 Å². The van der Waals surface area contributed by atoms with Gasteiger partial charge in [-0.15, -0.1) is 0 Å². The molecule has 0 aromatic heterocycles. The van der Waals surface area contributed by atoms with Crippen LogP contribution in [0.3, 0.4) is 0 Å². The number of hydrogen-bond donors (Lipinski definition) is 0. The molecule has 2 rings (SSSR count). The van der Waals surface area contributed by atoms with Gasteiger partial charge in [0.25, 0.3) is 0 Å².